The number of aromatic nitrogens is 4. The van der Waals surface area contributed by atoms with Crippen molar-refractivity contribution in [1.29, 1.82) is 0 Å². The van der Waals surface area contributed by atoms with E-state index in [-0.39, 0.29) is 0 Å². The first-order valence-electron chi connectivity index (χ1n) is 3.40. The number of H-pyrrole nitrogens is 1. The molecule has 5 nitrogen and oxygen atoms in total. The summed E-state index contributed by atoms with van der Waals surface area (Å²) in [4.78, 5) is 2.83. The van der Waals surface area contributed by atoms with Gasteiger partial charge in [-0.15, -0.1) is 10.2 Å². The van der Waals surface area contributed by atoms with E-state index >= 15 is 0 Å². The van der Waals surface area contributed by atoms with Gasteiger partial charge in [0, 0.05) is 6.07 Å². The smallest absolute Gasteiger partial charge is 0.153 e. The highest BCUT2D eigenvalue weighted by atomic mass is 16.5. The fourth-order valence-corrected chi connectivity index (χ4v) is 0.769. The summed E-state index contributed by atoms with van der Waals surface area (Å²) in [6, 6.07) is 1.76. The third-order valence-corrected chi connectivity index (χ3v) is 1.31. The van der Waals surface area contributed by atoms with Gasteiger partial charge < -0.3 is 9.51 Å². The van der Waals surface area contributed by atoms with Gasteiger partial charge in [0.25, 0.3) is 0 Å². The Morgan fingerprint density at radius 3 is 3.08 bits per heavy atom. The van der Waals surface area contributed by atoms with E-state index in [0.29, 0.717) is 5.82 Å². The topological polar surface area (TPSA) is 67.6 Å². The first kappa shape index (κ1) is 6.78. The van der Waals surface area contributed by atoms with Gasteiger partial charge in [-0.3, -0.25) is 0 Å². The van der Waals surface area contributed by atoms with E-state index in [1.807, 2.05) is 0 Å². The molecule has 0 spiro atoms. The molecule has 2 rings (SSSR count). The van der Waals surface area contributed by atoms with Gasteiger partial charge in [-0.2, -0.15) is 0 Å². The van der Waals surface area contributed by atoms with E-state index in [1.165, 1.54) is 12.6 Å². The molecule has 1 N–H and O–H groups in total. The lowest BCUT2D eigenvalue weighted by molar-refractivity contribution is 0.418. The molecule has 0 aliphatic carbocycles. The van der Waals surface area contributed by atoms with Crippen molar-refractivity contribution in [3.8, 4) is 0 Å². The minimum Gasteiger partial charge on any atom is -0.364 e. The van der Waals surface area contributed by atoms with Crippen molar-refractivity contribution in [3.63, 3.8) is 0 Å². The number of aromatic amines is 1. The molecule has 0 bridgehead atoms. The molecule has 0 saturated heterocycles. The maximum absolute atomic E-state index is 4.64. The van der Waals surface area contributed by atoms with Crippen LogP contribution in [0.25, 0.3) is 12.2 Å². The Kier molecular flexibility index (Phi) is 1.69. The number of rotatable bonds is 2. The predicted octanol–water partition coefficient (Wildman–Crippen LogP) is 0.963. The zero-order valence-electron chi connectivity index (χ0n) is 6.14. The first-order valence-corrected chi connectivity index (χ1v) is 3.40. The second-order valence-corrected chi connectivity index (χ2v) is 2.13. The molecule has 0 aromatic carbocycles. The molecule has 0 aliphatic rings. The Hall–Kier alpha value is -1.91. The summed E-state index contributed by atoms with van der Waals surface area (Å²) in [6.45, 7) is 0. The summed E-state index contributed by atoms with van der Waals surface area (Å²) in [7, 11) is 0. The van der Waals surface area contributed by atoms with Crippen LogP contribution in [-0.2, 0) is 0 Å². The van der Waals surface area contributed by atoms with Gasteiger partial charge in [0.1, 0.15) is 18.3 Å². The summed E-state index contributed by atoms with van der Waals surface area (Å²) in [5.74, 6) is 0.693. The van der Waals surface area contributed by atoms with E-state index in [0.717, 1.165) is 5.69 Å². The largest absolute Gasteiger partial charge is 0.364 e. The molecular formula is C7H6N4O. The highest BCUT2D eigenvalue weighted by Crippen LogP contribution is 2.00. The first-order chi connectivity index (χ1) is 5.95. The molecule has 2 aromatic heterocycles. The zero-order valence-corrected chi connectivity index (χ0v) is 6.14. The molecule has 0 fully saturated rings. The maximum atomic E-state index is 4.64. The number of nitrogens with zero attached hydrogens (tertiary/aromatic N) is 3. The van der Waals surface area contributed by atoms with Crippen LogP contribution < -0.4 is 0 Å². The molecule has 5 heteroatoms. The summed E-state index contributed by atoms with van der Waals surface area (Å²) in [5.41, 5.74) is 0.756. The quantitative estimate of drug-likeness (QED) is 0.714. The number of hydrogen-bond donors (Lipinski definition) is 1. The van der Waals surface area contributed by atoms with Gasteiger partial charge in [0.05, 0.1) is 0 Å². The summed E-state index contributed by atoms with van der Waals surface area (Å²) in [6.07, 6.45) is 6.58. The van der Waals surface area contributed by atoms with E-state index < -0.39 is 0 Å². The predicted molar refractivity (Wildman–Crippen MR) is 41.8 cm³/mol. The lowest BCUT2D eigenvalue weighted by Crippen LogP contribution is -1.74. The van der Waals surface area contributed by atoms with Crippen LogP contribution in [0.2, 0.25) is 0 Å². The lowest BCUT2D eigenvalue weighted by atomic mass is 10.4. The monoisotopic (exact) mass is 162 g/mol. The second-order valence-electron chi connectivity index (χ2n) is 2.13. The maximum Gasteiger partial charge on any atom is 0.153 e. The van der Waals surface area contributed by atoms with Crippen LogP contribution in [0.1, 0.15) is 11.5 Å². The van der Waals surface area contributed by atoms with Crippen LogP contribution in [0, 0.1) is 0 Å². The van der Waals surface area contributed by atoms with Gasteiger partial charge in [0.15, 0.2) is 5.82 Å². The Labute approximate surface area is 68.1 Å². The van der Waals surface area contributed by atoms with Crippen LogP contribution >= 0.6 is 0 Å². The van der Waals surface area contributed by atoms with Crippen molar-refractivity contribution in [2.24, 2.45) is 0 Å². The highest BCUT2D eigenvalue weighted by molar-refractivity contribution is 5.63. The summed E-state index contributed by atoms with van der Waals surface area (Å²) >= 11 is 0. The molecule has 2 aromatic rings. The van der Waals surface area contributed by atoms with Crippen molar-refractivity contribution in [1.82, 2.24) is 20.3 Å². The lowest BCUT2D eigenvalue weighted by Gasteiger charge is -1.79. The van der Waals surface area contributed by atoms with Crippen LogP contribution in [-0.4, -0.2) is 20.3 Å². The Bertz CT molecular complexity index is 312. The van der Waals surface area contributed by atoms with Crippen molar-refractivity contribution in [2.75, 3.05) is 0 Å². The second kappa shape index (κ2) is 3.00. The fraction of sp³-hybridized carbons (Fsp3) is 0. The normalized spacial score (nSPS) is 11.0. The van der Waals surface area contributed by atoms with Gasteiger partial charge in [-0.05, 0) is 12.2 Å². The van der Waals surface area contributed by atoms with Crippen molar-refractivity contribution < 1.29 is 4.52 Å². The van der Waals surface area contributed by atoms with E-state index in [4.69, 9.17) is 0 Å². The molecule has 12 heavy (non-hydrogen) atoms. The summed E-state index contributed by atoms with van der Waals surface area (Å²) < 4.78 is 4.64. The summed E-state index contributed by atoms with van der Waals surface area (Å²) in [5, 5.41) is 11.1. The van der Waals surface area contributed by atoms with Gasteiger partial charge in [-0.1, -0.05) is 5.16 Å². The van der Waals surface area contributed by atoms with Crippen molar-refractivity contribution in [2.45, 2.75) is 0 Å². The molecule has 0 unspecified atom stereocenters. The average Bonchev–Trinajstić information content (AvgIpc) is 2.74. The number of hydrogen-bond acceptors (Lipinski definition) is 4. The van der Waals surface area contributed by atoms with Crippen LogP contribution in [0.15, 0.2) is 23.2 Å². The van der Waals surface area contributed by atoms with Crippen molar-refractivity contribution in [3.05, 3.63) is 30.2 Å². The molecule has 0 aliphatic heterocycles. The molecule has 0 atom stereocenters. The minimum atomic E-state index is 0.693. The highest BCUT2D eigenvalue weighted by Gasteiger charge is 1.90. The van der Waals surface area contributed by atoms with Crippen molar-refractivity contribution >= 4 is 12.2 Å². The van der Waals surface area contributed by atoms with E-state index in [1.54, 1.807) is 18.2 Å². The molecule has 2 heterocycles. The number of nitrogens with one attached hydrogen (secondary N) is 1. The average molecular weight is 162 g/mol. The molecule has 0 radical (unpaired) electrons. The van der Waals surface area contributed by atoms with Gasteiger partial charge in [0.2, 0.25) is 0 Å². The van der Waals surface area contributed by atoms with E-state index in [2.05, 4.69) is 24.9 Å². The fourth-order valence-electron chi connectivity index (χ4n) is 0.769. The van der Waals surface area contributed by atoms with Crippen LogP contribution in [0.5, 0.6) is 0 Å². The molecule has 0 saturated carbocycles. The molecule has 60 valence electrons. The molecule has 0 amide bonds. The molecular weight excluding hydrogens is 156 g/mol. The third kappa shape index (κ3) is 1.39. The third-order valence-electron chi connectivity index (χ3n) is 1.31. The zero-order chi connectivity index (χ0) is 8.23. The Morgan fingerprint density at radius 2 is 2.42 bits per heavy atom. The van der Waals surface area contributed by atoms with Gasteiger partial charge >= 0.3 is 0 Å². The van der Waals surface area contributed by atoms with Crippen LogP contribution in [0.3, 0.4) is 0 Å². The van der Waals surface area contributed by atoms with Crippen LogP contribution in [0.4, 0.5) is 0 Å². The van der Waals surface area contributed by atoms with E-state index in [9.17, 15) is 0 Å². The van der Waals surface area contributed by atoms with Gasteiger partial charge in [-0.25, -0.2) is 0 Å². The standard InChI is InChI=1S/C7H6N4O/c1(6-3-4-12-11-6)2-7-8-5-9-10-7/h1-5H,(H,8,9,10). The minimum absolute atomic E-state index is 0.693. The Balaban J connectivity index is 2.14. The Morgan fingerprint density at radius 1 is 1.42 bits per heavy atom. The SMILES string of the molecule is C(=Cc1nnc[nH]1)c1ccon1.